The molecule has 0 spiro atoms. The summed E-state index contributed by atoms with van der Waals surface area (Å²) in [6.45, 7) is 10.0. The van der Waals surface area contributed by atoms with Gasteiger partial charge in [0.1, 0.15) is 5.82 Å². The zero-order valence-electron chi connectivity index (χ0n) is 12.7. The molecule has 0 saturated carbocycles. The molecular formula is C16H26N4. The van der Waals surface area contributed by atoms with Crippen molar-refractivity contribution < 1.29 is 0 Å². The van der Waals surface area contributed by atoms with Crippen LogP contribution in [0.2, 0.25) is 0 Å². The average Bonchev–Trinajstić information content (AvgIpc) is 2.91. The van der Waals surface area contributed by atoms with Crippen LogP contribution in [0.3, 0.4) is 0 Å². The smallest absolute Gasteiger partial charge is 0.129 e. The number of hydrogen-bond donors (Lipinski definition) is 1. The first-order valence-corrected chi connectivity index (χ1v) is 7.94. The highest BCUT2D eigenvalue weighted by Crippen LogP contribution is 2.27. The van der Waals surface area contributed by atoms with Gasteiger partial charge in [0, 0.05) is 37.9 Å². The van der Waals surface area contributed by atoms with Crippen LogP contribution in [0.25, 0.3) is 0 Å². The minimum Gasteiger partial charge on any atom is -0.351 e. The van der Waals surface area contributed by atoms with Gasteiger partial charge in [-0.1, -0.05) is 6.92 Å². The van der Waals surface area contributed by atoms with Gasteiger partial charge in [0.15, 0.2) is 0 Å². The molecule has 110 valence electrons. The van der Waals surface area contributed by atoms with E-state index in [0.29, 0.717) is 6.04 Å². The number of anilines is 1. The highest BCUT2D eigenvalue weighted by atomic mass is 15.3. The fourth-order valence-corrected chi connectivity index (χ4v) is 3.50. The zero-order valence-corrected chi connectivity index (χ0v) is 12.7. The fraction of sp³-hybridized carbons (Fsp3) is 0.688. The van der Waals surface area contributed by atoms with Crippen LogP contribution in [0, 0.1) is 0 Å². The molecular weight excluding hydrogens is 248 g/mol. The van der Waals surface area contributed by atoms with E-state index in [0.717, 1.165) is 31.5 Å². The van der Waals surface area contributed by atoms with Crippen molar-refractivity contribution in [2.75, 3.05) is 31.1 Å². The van der Waals surface area contributed by atoms with Crippen LogP contribution in [-0.2, 0) is 6.54 Å². The molecule has 1 aromatic heterocycles. The first-order valence-electron chi connectivity index (χ1n) is 7.94. The van der Waals surface area contributed by atoms with Crippen molar-refractivity contribution in [3.63, 3.8) is 0 Å². The van der Waals surface area contributed by atoms with Crippen molar-refractivity contribution in [3.8, 4) is 0 Å². The van der Waals surface area contributed by atoms with Crippen LogP contribution in [0.1, 0.15) is 32.3 Å². The molecule has 3 heterocycles. The predicted octanol–water partition coefficient (Wildman–Crippen LogP) is 1.86. The Kier molecular flexibility index (Phi) is 4.22. The Balaban J connectivity index is 1.74. The minimum atomic E-state index is 0.561. The number of nitrogens with one attached hydrogen (secondary N) is 1. The molecule has 2 atom stereocenters. The molecule has 2 aliphatic heterocycles. The van der Waals surface area contributed by atoms with E-state index in [1.54, 1.807) is 0 Å². The molecule has 1 N–H and O–H groups in total. The molecule has 20 heavy (non-hydrogen) atoms. The van der Waals surface area contributed by atoms with E-state index in [1.165, 1.54) is 31.5 Å². The van der Waals surface area contributed by atoms with E-state index in [2.05, 4.69) is 46.1 Å². The van der Waals surface area contributed by atoms with E-state index in [1.807, 2.05) is 6.20 Å². The Labute approximate surface area is 122 Å². The molecule has 3 rings (SSSR count). The van der Waals surface area contributed by atoms with Crippen molar-refractivity contribution in [1.29, 1.82) is 0 Å². The number of piperazine rings is 1. The summed E-state index contributed by atoms with van der Waals surface area (Å²) in [5.41, 5.74) is 1.33. The number of pyridine rings is 1. The number of fused-ring (bicyclic) bond motifs is 1. The van der Waals surface area contributed by atoms with Crippen LogP contribution in [0.4, 0.5) is 5.82 Å². The Bertz CT molecular complexity index is 448. The third-order valence-electron chi connectivity index (χ3n) is 4.62. The van der Waals surface area contributed by atoms with E-state index in [4.69, 9.17) is 0 Å². The van der Waals surface area contributed by atoms with Gasteiger partial charge in [0.25, 0.3) is 0 Å². The van der Waals surface area contributed by atoms with Crippen LogP contribution in [0.15, 0.2) is 18.3 Å². The van der Waals surface area contributed by atoms with Gasteiger partial charge in [-0.05, 0) is 50.6 Å². The van der Waals surface area contributed by atoms with Crippen LogP contribution < -0.4 is 10.2 Å². The normalized spacial score (nSPS) is 26.8. The lowest BCUT2D eigenvalue weighted by Crippen LogP contribution is -2.55. The van der Waals surface area contributed by atoms with E-state index < -0.39 is 0 Å². The van der Waals surface area contributed by atoms with Gasteiger partial charge in [-0.15, -0.1) is 0 Å². The van der Waals surface area contributed by atoms with Gasteiger partial charge >= 0.3 is 0 Å². The lowest BCUT2D eigenvalue weighted by molar-refractivity contribution is 0.202. The summed E-state index contributed by atoms with van der Waals surface area (Å²) in [6.07, 6.45) is 4.66. The van der Waals surface area contributed by atoms with Crippen molar-refractivity contribution in [3.05, 3.63) is 23.9 Å². The molecule has 2 aliphatic rings. The molecule has 0 aliphatic carbocycles. The fourth-order valence-electron chi connectivity index (χ4n) is 3.50. The molecule has 0 radical (unpaired) electrons. The monoisotopic (exact) mass is 274 g/mol. The summed E-state index contributed by atoms with van der Waals surface area (Å²) >= 11 is 0. The Hall–Kier alpha value is -1.13. The molecule has 0 amide bonds. The first kappa shape index (κ1) is 13.8. The largest absolute Gasteiger partial charge is 0.351 e. The third-order valence-corrected chi connectivity index (χ3v) is 4.62. The highest BCUT2D eigenvalue weighted by molar-refractivity contribution is 5.43. The van der Waals surface area contributed by atoms with Crippen LogP contribution in [0.5, 0.6) is 0 Å². The number of aromatic nitrogens is 1. The maximum Gasteiger partial charge on any atom is 0.129 e. The molecule has 2 saturated heterocycles. The summed E-state index contributed by atoms with van der Waals surface area (Å²) in [5, 5.41) is 3.39. The number of hydrogen-bond acceptors (Lipinski definition) is 4. The zero-order chi connectivity index (χ0) is 13.9. The maximum atomic E-state index is 4.62. The lowest BCUT2D eigenvalue weighted by Gasteiger charge is -2.43. The molecule has 2 unspecified atom stereocenters. The van der Waals surface area contributed by atoms with Gasteiger partial charge in [0.05, 0.1) is 0 Å². The van der Waals surface area contributed by atoms with Crippen LogP contribution >= 0.6 is 0 Å². The molecule has 4 heteroatoms. The van der Waals surface area contributed by atoms with Crippen molar-refractivity contribution in [1.82, 2.24) is 15.2 Å². The van der Waals surface area contributed by atoms with Crippen molar-refractivity contribution >= 4 is 5.82 Å². The van der Waals surface area contributed by atoms with Gasteiger partial charge in [-0.2, -0.15) is 0 Å². The van der Waals surface area contributed by atoms with Crippen molar-refractivity contribution in [2.24, 2.45) is 0 Å². The number of nitrogens with zero attached hydrogens (tertiary/aromatic N) is 3. The molecule has 2 fully saturated rings. The third kappa shape index (κ3) is 2.81. The summed E-state index contributed by atoms with van der Waals surface area (Å²) in [4.78, 5) is 9.77. The molecule has 0 bridgehead atoms. The summed E-state index contributed by atoms with van der Waals surface area (Å²) in [7, 11) is 0. The maximum absolute atomic E-state index is 4.62. The molecule has 1 aromatic rings. The van der Waals surface area contributed by atoms with Gasteiger partial charge < -0.3 is 10.2 Å². The standard InChI is InChI=1S/C16H26N4/c1-3-17-10-14-6-7-18-16(9-14)20-12-15-5-4-8-19(15)11-13(20)2/h6-7,9,13,15,17H,3-5,8,10-12H2,1-2H3. The van der Waals surface area contributed by atoms with E-state index in [-0.39, 0.29) is 0 Å². The Morgan fingerprint density at radius 1 is 1.40 bits per heavy atom. The summed E-state index contributed by atoms with van der Waals surface area (Å²) < 4.78 is 0. The second-order valence-corrected chi connectivity index (χ2v) is 6.09. The number of rotatable bonds is 4. The van der Waals surface area contributed by atoms with Crippen molar-refractivity contribution in [2.45, 2.75) is 45.3 Å². The van der Waals surface area contributed by atoms with Gasteiger partial charge in [0.2, 0.25) is 0 Å². The predicted molar refractivity (Wildman–Crippen MR) is 83.0 cm³/mol. The quantitative estimate of drug-likeness (QED) is 0.908. The average molecular weight is 274 g/mol. The van der Waals surface area contributed by atoms with Gasteiger partial charge in [-0.25, -0.2) is 4.98 Å². The van der Waals surface area contributed by atoms with Gasteiger partial charge in [-0.3, -0.25) is 4.90 Å². The van der Waals surface area contributed by atoms with Crippen LogP contribution in [-0.4, -0.2) is 48.1 Å². The molecule has 0 aromatic carbocycles. The molecule has 4 nitrogen and oxygen atoms in total. The second kappa shape index (κ2) is 6.10. The highest BCUT2D eigenvalue weighted by Gasteiger charge is 2.34. The lowest BCUT2D eigenvalue weighted by atomic mass is 10.1. The minimum absolute atomic E-state index is 0.561. The SMILES string of the molecule is CCNCc1ccnc(N2CC3CCCN3CC2C)c1. The van der Waals surface area contributed by atoms with E-state index in [9.17, 15) is 0 Å². The van der Waals surface area contributed by atoms with E-state index >= 15 is 0 Å². The first-order chi connectivity index (χ1) is 9.78. The Morgan fingerprint density at radius 3 is 3.15 bits per heavy atom. The second-order valence-electron chi connectivity index (χ2n) is 6.09. The Morgan fingerprint density at radius 2 is 2.30 bits per heavy atom. The summed E-state index contributed by atoms with van der Waals surface area (Å²) in [6, 6.07) is 5.67. The topological polar surface area (TPSA) is 31.4 Å². The summed E-state index contributed by atoms with van der Waals surface area (Å²) in [5.74, 6) is 1.15.